The zero-order valence-electron chi connectivity index (χ0n) is 12.8. The van der Waals surface area contributed by atoms with Crippen molar-refractivity contribution in [2.24, 2.45) is 0 Å². The fraction of sp³-hybridized carbons (Fsp3) is 0.529. The Morgan fingerprint density at radius 2 is 2.10 bits per heavy atom. The van der Waals surface area contributed by atoms with E-state index in [-0.39, 0.29) is 0 Å². The third-order valence-electron chi connectivity index (χ3n) is 3.87. The molecule has 0 amide bonds. The van der Waals surface area contributed by atoms with Crippen molar-refractivity contribution in [1.29, 1.82) is 0 Å². The second-order valence-corrected chi connectivity index (χ2v) is 5.21. The van der Waals surface area contributed by atoms with Crippen LogP contribution in [0, 0.1) is 0 Å². The van der Waals surface area contributed by atoms with Gasteiger partial charge in [0, 0.05) is 29.1 Å². The highest BCUT2D eigenvalue weighted by molar-refractivity contribution is 5.86. The van der Waals surface area contributed by atoms with Crippen molar-refractivity contribution < 1.29 is 5.11 Å². The van der Waals surface area contributed by atoms with E-state index in [2.05, 4.69) is 17.2 Å². The maximum Gasteiger partial charge on any atom is 0.116 e. The predicted octanol–water partition coefficient (Wildman–Crippen LogP) is 3.76. The molecule has 1 aliphatic heterocycles. The van der Waals surface area contributed by atoms with Gasteiger partial charge in [0.05, 0.1) is 0 Å². The van der Waals surface area contributed by atoms with Crippen molar-refractivity contribution in [3.05, 3.63) is 29.5 Å². The fourth-order valence-electron chi connectivity index (χ4n) is 3.02. The molecule has 0 saturated carbocycles. The quantitative estimate of drug-likeness (QED) is 0.781. The van der Waals surface area contributed by atoms with E-state index in [0.717, 1.165) is 24.9 Å². The van der Waals surface area contributed by atoms with Gasteiger partial charge in [-0.15, -0.1) is 0 Å². The van der Waals surface area contributed by atoms with Gasteiger partial charge in [-0.2, -0.15) is 0 Å². The number of H-pyrrole nitrogens is 1. The Morgan fingerprint density at radius 3 is 2.85 bits per heavy atom. The third kappa shape index (κ3) is 2.98. The summed E-state index contributed by atoms with van der Waals surface area (Å²) in [5.74, 6) is 0.353. The molecule has 20 heavy (non-hydrogen) atoms. The van der Waals surface area contributed by atoms with Crippen molar-refractivity contribution in [3.8, 4) is 5.75 Å². The van der Waals surface area contributed by atoms with Gasteiger partial charge in [0.2, 0.25) is 0 Å². The van der Waals surface area contributed by atoms with Crippen molar-refractivity contribution in [2.75, 3.05) is 6.54 Å². The molecule has 0 spiro atoms. The van der Waals surface area contributed by atoms with Crippen molar-refractivity contribution in [3.63, 3.8) is 0 Å². The molecule has 1 aromatic carbocycles. The van der Waals surface area contributed by atoms with Crippen LogP contribution in [0.25, 0.3) is 10.9 Å². The van der Waals surface area contributed by atoms with E-state index in [1.807, 2.05) is 26.0 Å². The Balaban J connectivity index is 0.000000704. The van der Waals surface area contributed by atoms with Gasteiger partial charge in [0.25, 0.3) is 0 Å². The zero-order valence-corrected chi connectivity index (χ0v) is 12.8. The summed E-state index contributed by atoms with van der Waals surface area (Å²) in [6.45, 7) is 7.26. The van der Waals surface area contributed by atoms with E-state index in [1.165, 1.54) is 29.5 Å². The lowest BCUT2D eigenvalue weighted by molar-refractivity contribution is 0.476. The lowest BCUT2D eigenvalue weighted by Crippen LogP contribution is -2.30. The van der Waals surface area contributed by atoms with Gasteiger partial charge in [0.15, 0.2) is 0 Å². The number of fused-ring (bicyclic) bond motifs is 3. The van der Waals surface area contributed by atoms with Crippen LogP contribution in [0.1, 0.15) is 44.9 Å². The van der Waals surface area contributed by atoms with Gasteiger partial charge in [-0.3, -0.25) is 0 Å². The highest BCUT2D eigenvalue weighted by Gasteiger charge is 2.19. The first-order chi connectivity index (χ1) is 9.78. The fourth-order valence-corrected chi connectivity index (χ4v) is 3.02. The number of phenolic OH excluding ortho intramolecular Hbond substituents is 1. The molecule has 3 nitrogen and oxygen atoms in total. The summed E-state index contributed by atoms with van der Waals surface area (Å²) in [6.07, 6.45) is 4.55. The van der Waals surface area contributed by atoms with E-state index < -0.39 is 0 Å². The Bertz CT molecular complexity index is 559. The second kappa shape index (κ2) is 6.80. The Labute approximate surface area is 121 Å². The maximum absolute atomic E-state index is 9.63. The number of benzene rings is 1. The number of hydrogen-bond acceptors (Lipinski definition) is 2. The predicted molar refractivity (Wildman–Crippen MR) is 85.4 cm³/mol. The SMILES string of the molecule is CC.CCCC1Cc2[nH]c3ccc(O)cc3c2CCN1. The highest BCUT2D eigenvalue weighted by atomic mass is 16.3. The lowest BCUT2D eigenvalue weighted by Gasteiger charge is -2.14. The van der Waals surface area contributed by atoms with Crippen molar-refractivity contribution in [2.45, 2.75) is 52.5 Å². The summed E-state index contributed by atoms with van der Waals surface area (Å²) in [7, 11) is 0. The molecule has 2 heterocycles. The average molecular weight is 274 g/mol. The van der Waals surface area contributed by atoms with Crippen LogP contribution in [-0.2, 0) is 12.8 Å². The van der Waals surface area contributed by atoms with Crippen LogP contribution < -0.4 is 5.32 Å². The van der Waals surface area contributed by atoms with Crippen molar-refractivity contribution >= 4 is 10.9 Å². The number of aromatic amines is 1. The topological polar surface area (TPSA) is 48.0 Å². The van der Waals surface area contributed by atoms with Gasteiger partial charge in [-0.05, 0) is 43.1 Å². The number of phenols is 1. The minimum atomic E-state index is 0.353. The molecule has 110 valence electrons. The average Bonchev–Trinajstić information content (AvgIpc) is 2.66. The van der Waals surface area contributed by atoms with Crippen LogP contribution in [0.3, 0.4) is 0 Å². The molecule has 1 unspecified atom stereocenters. The van der Waals surface area contributed by atoms with Crippen molar-refractivity contribution in [1.82, 2.24) is 10.3 Å². The molecule has 3 heteroatoms. The Morgan fingerprint density at radius 1 is 1.30 bits per heavy atom. The molecule has 0 aliphatic carbocycles. The molecule has 1 atom stereocenters. The first-order valence-corrected chi connectivity index (χ1v) is 7.83. The van der Waals surface area contributed by atoms with Crippen LogP contribution in [0.15, 0.2) is 18.2 Å². The first-order valence-electron chi connectivity index (χ1n) is 7.83. The summed E-state index contributed by atoms with van der Waals surface area (Å²) < 4.78 is 0. The van der Waals surface area contributed by atoms with E-state index in [1.54, 1.807) is 6.07 Å². The van der Waals surface area contributed by atoms with E-state index in [0.29, 0.717) is 11.8 Å². The largest absolute Gasteiger partial charge is 0.508 e. The van der Waals surface area contributed by atoms with E-state index in [4.69, 9.17) is 0 Å². The molecule has 0 saturated heterocycles. The van der Waals surface area contributed by atoms with Gasteiger partial charge >= 0.3 is 0 Å². The molecule has 3 rings (SSSR count). The second-order valence-electron chi connectivity index (χ2n) is 5.21. The number of rotatable bonds is 2. The van der Waals surface area contributed by atoms with Gasteiger partial charge < -0.3 is 15.4 Å². The number of hydrogen-bond donors (Lipinski definition) is 3. The monoisotopic (exact) mass is 274 g/mol. The lowest BCUT2D eigenvalue weighted by atomic mass is 10.0. The molecule has 0 bridgehead atoms. The molecule has 0 radical (unpaired) electrons. The summed E-state index contributed by atoms with van der Waals surface area (Å²) >= 11 is 0. The molecule has 3 N–H and O–H groups in total. The number of aromatic nitrogens is 1. The van der Waals surface area contributed by atoms with Crippen LogP contribution in [-0.4, -0.2) is 22.7 Å². The first kappa shape index (κ1) is 14.9. The van der Waals surface area contributed by atoms with Crippen LogP contribution in [0.2, 0.25) is 0 Å². The third-order valence-corrected chi connectivity index (χ3v) is 3.87. The highest BCUT2D eigenvalue weighted by Crippen LogP contribution is 2.28. The number of aromatic hydroxyl groups is 1. The van der Waals surface area contributed by atoms with Crippen LogP contribution in [0.5, 0.6) is 5.75 Å². The molecule has 1 aromatic heterocycles. The zero-order chi connectivity index (χ0) is 14.5. The standard InChI is InChI=1S/C15H20N2O.C2H6/c1-2-3-10-8-15-12(6-7-16-10)13-9-11(18)4-5-14(13)17-15;1-2/h4-5,9-10,16-18H,2-3,6-8H2,1H3;1-2H3. The molecular formula is C17H26N2O. The minimum Gasteiger partial charge on any atom is -0.508 e. The summed E-state index contributed by atoms with van der Waals surface area (Å²) in [5.41, 5.74) is 3.88. The molecule has 0 fully saturated rings. The van der Waals surface area contributed by atoms with Gasteiger partial charge in [0.1, 0.15) is 5.75 Å². The smallest absolute Gasteiger partial charge is 0.116 e. The maximum atomic E-state index is 9.63. The van der Waals surface area contributed by atoms with Gasteiger partial charge in [-0.25, -0.2) is 0 Å². The molecular weight excluding hydrogens is 248 g/mol. The Hall–Kier alpha value is -1.48. The minimum absolute atomic E-state index is 0.353. The normalized spacial score (nSPS) is 18.1. The summed E-state index contributed by atoms with van der Waals surface area (Å²) in [4.78, 5) is 3.52. The van der Waals surface area contributed by atoms with E-state index >= 15 is 0 Å². The Kier molecular flexibility index (Phi) is 5.07. The van der Waals surface area contributed by atoms with Crippen LogP contribution >= 0.6 is 0 Å². The number of nitrogens with one attached hydrogen (secondary N) is 2. The van der Waals surface area contributed by atoms with Crippen LogP contribution in [0.4, 0.5) is 0 Å². The van der Waals surface area contributed by atoms with E-state index in [9.17, 15) is 5.11 Å². The van der Waals surface area contributed by atoms with Gasteiger partial charge in [-0.1, -0.05) is 27.2 Å². The molecule has 2 aromatic rings. The summed E-state index contributed by atoms with van der Waals surface area (Å²) in [6, 6.07) is 6.18. The summed E-state index contributed by atoms with van der Waals surface area (Å²) in [5, 5.41) is 14.4. The molecule has 1 aliphatic rings.